The number of nitrogens with zero attached hydrogens (tertiary/aromatic N) is 2. The van der Waals surface area contributed by atoms with Crippen LogP contribution >= 0.6 is 0 Å². The first-order valence-electron chi connectivity index (χ1n) is 12.0. The van der Waals surface area contributed by atoms with Crippen LogP contribution in [-0.4, -0.2) is 57.6 Å². The van der Waals surface area contributed by atoms with Crippen molar-refractivity contribution in [2.24, 2.45) is 0 Å². The number of benzene rings is 2. The predicted octanol–water partition coefficient (Wildman–Crippen LogP) is 5.16. The van der Waals surface area contributed by atoms with Gasteiger partial charge in [-0.05, 0) is 42.3 Å². The maximum Gasteiger partial charge on any atom is 0.416 e. The van der Waals surface area contributed by atoms with E-state index >= 15 is 0 Å². The molecule has 0 saturated carbocycles. The largest absolute Gasteiger partial charge is 0.497 e. The van der Waals surface area contributed by atoms with E-state index in [-0.39, 0.29) is 17.9 Å². The molecule has 0 amide bonds. The van der Waals surface area contributed by atoms with Gasteiger partial charge in [0, 0.05) is 60.8 Å². The third-order valence-corrected chi connectivity index (χ3v) is 6.87. The van der Waals surface area contributed by atoms with Gasteiger partial charge in [-0.25, -0.2) is 4.39 Å². The first kappa shape index (κ1) is 25.3. The fourth-order valence-electron chi connectivity index (χ4n) is 5.11. The van der Waals surface area contributed by atoms with E-state index in [1.807, 2.05) is 0 Å². The standard InChI is InChI=1S/C27H27F4N3O3/c1-35-19-10-16(9-18(28)12-19)21-13-32-14-22(20-4-3-17(27(29,30)31)11-24(20)36-2)26(21)34-7-5-23-25(15-34)37-8-6-33-23/h3-4,9-14,23,25,33H,5-8,15H2,1-2H3. The first-order chi connectivity index (χ1) is 17.8. The molecule has 0 radical (unpaired) electrons. The van der Waals surface area contributed by atoms with Gasteiger partial charge in [0.25, 0.3) is 0 Å². The van der Waals surface area contributed by atoms with Gasteiger partial charge in [0.05, 0.1) is 38.2 Å². The number of ether oxygens (including phenoxy) is 3. The molecule has 0 spiro atoms. The highest BCUT2D eigenvalue weighted by molar-refractivity contribution is 5.92. The minimum Gasteiger partial charge on any atom is -0.497 e. The van der Waals surface area contributed by atoms with Gasteiger partial charge in [-0.3, -0.25) is 4.98 Å². The summed E-state index contributed by atoms with van der Waals surface area (Å²) in [5.41, 5.74) is 2.10. The maximum absolute atomic E-state index is 14.5. The molecule has 5 rings (SSSR count). The molecule has 0 aliphatic carbocycles. The van der Waals surface area contributed by atoms with Crippen molar-refractivity contribution in [3.8, 4) is 33.8 Å². The van der Waals surface area contributed by atoms with Crippen molar-refractivity contribution in [1.29, 1.82) is 0 Å². The van der Waals surface area contributed by atoms with Crippen LogP contribution in [0.1, 0.15) is 12.0 Å². The molecular formula is C27H27F4N3O3. The third kappa shape index (κ3) is 5.08. The number of hydrogen-bond acceptors (Lipinski definition) is 6. The van der Waals surface area contributed by atoms with E-state index in [9.17, 15) is 17.6 Å². The fourth-order valence-corrected chi connectivity index (χ4v) is 5.11. The van der Waals surface area contributed by atoms with Crippen LogP contribution in [0.5, 0.6) is 11.5 Å². The minimum absolute atomic E-state index is 0.0621. The van der Waals surface area contributed by atoms with Crippen molar-refractivity contribution in [1.82, 2.24) is 10.3 Å². The Balaban J connectivity index is 1.69. The number of anilines is 1. The average Bonchev–Trinajstić information content (AvgIpc) is 2.91. The van der Waals surface area contributed by atoms with Crippen LogP contribution < -0.4 is 19.7 Å². The van der Waals surface area contributed by atoms with Gasteiger partial charge in [-0.1, -0.05) is 0 Å². The van der Waals surface area contributed by atoms with Crippen molar-refractivity contribution in [2.45, 2.75) is 24.7 Å². The van der Waals surface area contributed by atoms with Crippen LogP contribution in [0, 0.1) is 5.82 Å². The van der Waals surface area contributed by atoms with Crippen LogP contribution in [-0.2, 0) is 10.9 Å². The van der Waals surface area contributed by atoms with Gasteiger partial charge in [0.2, 0.25) is 0 Å². The summed E-state index contributed by atoms with van der Waals surface area (Å²) in [6.45, 7) is 2.60. The number of halogens is 4. The molecule has 2 aliphatic rings. The Morgan fingerprint density at radius 1 is 1.03 bits per heavy atom. The Morgan fingerprint density at radius 3 is 2.59 bits per heavy atom. The highest BCUT2D eigenvalue weighted by atomic mass is 19.4. The van der Waals surface area contributed by atoms with Crippen LogP contribution in [0.25, 0.3) is 22.3 Å². The zero-order valence-electron chi connectivity index (χ0n) is 20.4. The van der Waals surface area contributed by atoms with Crippen LogP contribution in [0.4, 0.5) is 23.2 Å². The monoisotopic (exact) mass is 517 g/mol. The van der Waals surface area contributed by atoms with E-state index in [2.05, 4.69) is 15.2 Å². The number of aromatic nitrogens is 1. The number of fused-ring (bicyclic) bond motifs is 1. The molecule has 2 atom stereocenters. The lowest BCUT2D eigenvalue weighted by molar-refractivity contribution is -0.137. The van der Waals surface area contributed by atoms with Crippen LogP contribution in [0.3, 0.4) is 0 Å². The lowest BCUT2D eigenvalue weighted by atomic mass is 9.93. The van der Waals surface area contributed by atoms with E-state index in [1.165, 1.54) is 32.4 Å². The number of nitrogens with one attached hydrogen (secondary N) is 1. The van der Waals surface area contributed by atoms with Gasteiger partial charge in [-0.15, -0.1) is 0 Å². The Kier molecular flexibility index (Phi) is 6.96. The zero-order chi connectivity index (χ0) is 26.2. The molecule has 1 aromatic heterocycles. The third-order valence-electron chi connectivity index (χ3n) is 6.87. The molecule has 2 aliphatic heterocycles. The second kappa shape index (κ2) is 10.2. The van der Waals surface area contributed by atoms with Gasteiger partial charge in [0.15, 0.2) is 0 Å². The molecule has 37 heavy (non-hydrogen) atoms. The van der Waals surface area contributed by atoms with Crippen molar-refractivity contribution in [2.75, 3.05) is 45.4 Å². The number of alkyl halides is 3. The second-order valence-corrected chi connectivity index (χ2v) is 9.08. The Labute approximate surface area is 212 Å². The first-order valence-corrected chi connectivity index (χ1v) is 12.0. The van der Waals surface area contributed by atoms with Gasteiger partial charge in [0.1, 0.15) is 17.3 Å². The number of pyridine rings is 1. The van der Waals surface area contributed by atoms with E-state index in [0.717, 1.165) is 25.1 Å². The predicted molar refractivity (Wildman–Crippen MR) is 132 cm³/mol. The van der Waals surface area contributed by atoms with Gasteiger partial charge >= 0.3 is 6.18 Å². The number of piperidine rings is 1. The summed E-state index contributed by atoms with van der Waals surface area (Å²) in [5.74, 6) is -0.0642. The molecule has 196 valence electrons. The van der Waals surface area contributed by atoms with Crippen LogP contribution in [0.15, 0.2) is 48.8 Å². The van der Waals surface area contributed by atoms with E-state index in [4.69, 9.17) is 14.2 Å². The molecule has 2 unspecified atom stereocenters. The molecule has 10 heteroatoms. The number of rotatable bonds is 5. The molecule has 2 fully saturated rings. The summed E-state index contributed by atoms with van der Waals surface area (Å²) in [4.78, 5) is 6.53. The molecule has 3 heterocycles. The van der Waals surface area contributed by atoms with Crippen molar-refractivity contribution in [3.05, 3.63) is 60.2 Å². The summed E-state index contributed by atoms with van der Waals surface area (Å²) in [7, 11) is 2.79. The molecular weight excluding hydrogens is 490 g/mol. The number of hydrogen-bond donors (Lipinski definition) is 1. The zero-order valence-corrected chi connectivity index (χ0v) is 20.4. The Morgan fingerprint density at radius 2 is 1.84 bits per heavy atom. The maximum atomic E-state index is 14.5. The summed E-state index contributed by atoms with van der Waals surface area (Å²) in [6.07, 6.45) is -0.530. The summed E-state index contributed by atoms with van der Waals surface area (Å²) in [5, 5.41) is 3.49. The number of methoxy groups -OCH3 is 2. The Hall–Kier alpha value is -3.37. The quantitative estimate of drug-likeness (QED) is 0.472. The topological polar surface area (TPSA) is 55.9 Å². The van der Waals surface area contributed by atoms with Crippen molar-refractivity contribution < 1.29 is 31.8 Å². The Bertz CT molecular complexity index is 1280. The van der Waals surface area contributed by atoms with Crippen molar-refractivity contribution >= 4 is 5.69 Å². The molecule has 3 aromatic rings. The SMILES string of the molecule is COc1cc(F)cc(-c2cncc(-c3ccc(C(F)(F)F)cc3OC)c2N2CCC3NCCOC3C2)c1. The fraction of sp³-hybridized carbons (Fsp3) is 0.370. The van der Waals surface area contributed by atoms with Gasteiger partial charge < -0.3 is 24.4 Å². The molecule has 0 bridgehead atoms. The van der Waals surface area contributed by atoms with E-state index in [0.29, 0.717) is 53.4 Å². The lowest BCUT2D eigenvalue weighted by Crippen LogP contribution is -2.57. The summed E-state index contributed by atoms with van der Waals surface area (Å²) >= 11 is 0. The van der Waals surface area contributed by atoms with Crippen molar-refractivity contribution in [3.63, 3.8) is 0 Å². The smallest absolute Gasteiger partial charge is 0.416 e. The summed E-state index contributed by atoms with van der Waals surface area (Å²) in [6, 6.07) is 8.01. The average molecular weight is 518 g/mol. The molecule has 1 N–H and O–H groups in total. The van der Waals surface area contributed by atoms with Gasteiger partial charge in [-0.2, -0.15) is 13.2 Å². The molecule has 6 nitrogen and oxygen atoms in total. The molecule has 2 aromatic carbocycles. The van der Waals surface area contributed by atoms with E-state index < -0.39 is 17.6 Å². The number of morpholine rings is 1. The van der Waals surface area contributed by atoms with Crippen LogP contribution in [0.2, 0.25) is 0 Å². The van der Waals surface area contributed by atoms with E-state index in [1.54, 1.807) is 18.5 Å². The highest BCUT2D eigenvalue weighted by Crippen LogP contribution is 2.45. The lowest BCUT2D eigenvalue weighted by Gasteiger charge is -2.43. The normalized spacial score (nSPS) is 19.9. The highest BCUT2D eigenvalue weighted by Gasteiger charge is 2.35. The minimum atomic E-state index is -4.51. The molecule has 2 saturated heterocycles. The second-order valence-electron chi connectivity index (χ2n) is 9.08. The summed E-state index contributed by atoms with van der Waals surface area (Å²) < 4.78 is 71.5.